The van der Waals surface area contributed by atoms with Crippen molar-refractivity contribution in [2.75, 3.05) is 19.6 Å². The van der Waals surface area contributed by atoms with Gasteiger partial charge < -0.3 is 10.8 Å². The van der Waals surface area contributed by atoms with Gasteiger partial charge in [-0.25, -0.2) is 13.2 Å². The van der Waals surface area contributed by atoms with Gasteiger partial charge in [0.2, 0.25) is 10.0 Å². The van der Waals surface area contributed by atoms with E-state index in [1.807, 2.05) is 0 Å². The van der Waals surface area contributed by atoms with Gasteiger partial charge in [-0.1, -0.05) is 6.07 Å². The molecule has 1 aromatic rings. The highest BCUT2D eigenvalue weighted by molar-refractivity contribution is 7.89. The summed E-state index contributed by atoms with van der Waals surface area (Å²) < 4.78 is 26.1. The van der Waals surface area contributed by atoms with Crippen molar-refractivity contribution in [1.29, 1.82) is 0 Å². The molecule has 7 heteroatoms. The molecule has 0 saturated carbocycles. The Bertz CT molecular complexity index is 585. The number of nitrogens with two attached hydrogens (primary N) is 1. The summed E-state index contributed by atoms with van der Waals surface area (Å²) in [5, 5.41) is 8.90. The van der Waals surface area contributed by atoms with Crippen LogP contribution in [0.5, 0.6) is 0 Å². The zero-order valence-electron chi connectivity index (χ0n) is 10.3. The minimum atomic E-state index is -3.62. The summed E-state index contributed by atoms with van der Waals surface area (Å²) in [4.78, 5) is 10.9. The average molecular weight is 284 g/mol. The van der Waals surface area contributed by atoms with Gasteiger partial charge in [-0.2, -0.15) is 4.31 Å². The molecule has 1 aliphatic rings. The summed E-state index contributed by atoms with van der Waals surface area (Å²) in [5.41, 5.74) is 5.51. The molecule has 3 N–H and O–H groups in total. The van der Waals surface area contributed by atoms with Crippen LogP contribution in [0.2, 0.25) is 0 Å². The number of carbonyl (C=O) groups is 1. The average Bonchev–Trinajstić information content (AvgIpc) is 2.88. The molecular weight excluding hydrogens is 268 g/mol. The summed E-state index contributed by atoms with van der Waals surface area (Å²) >= 11 is 0. The number of aromatic carboxylic acids is 1. The van der Waals surface area contributed by atoms with Crippen molar-refractivity contribution in [3.63, 3.8) is 0 Å². The van der Waals surface area contributed by atoms with Crippen LogP contribution in [0, 0.1) is 5.92 Å². The minimum absolute atomic E-state index is 0.0186. The van der Waals surface area contributed by atoms with Crippen LogP contribution in [0.1, 0.15) is 16.8 Å². The second-order valence-corrected chi connectivity index (χ2v) is 6.52. The summed E-state index contributed by atoms with van der Waals surface area (Å²) in [6, 6.07) is 5.41. The number of rotatable bonds is 4. The molecule has 1 aliphatic heterocycles. The molecule has 0 aromatic heterocycles. The molecule has 104 valence electrons. The van der Waals surface area contributed by atoms with Gasteiger partial charge in [0.05, 0.1) is 10.5 Å². The molecule has 1 saturated heterocycles. The Morgan fingerprint density at radius 2 is 2.21 bits per heavy atom. The molecule has 19 heavy (non-hydrogen) atoms. The van der Waals surface area contributed by atoms with E-state index in [4.69, 9.17) is 10.8 Å². The lowest BCUT2D eigenvalue weighted by Crippen LogP contribution is -2.30. The Balaban J connectivity index is 2.30. The molecule has 1 fully saturated rings. The molecule has 0 radical (unpaired) electrons. The van der Waals surface area contributed by atoms with Gasteiger partial charge in [0.15, 0.2) is 0 Å². The number of nitrogens with zero attached hydrogens (tertiary/aromatic N) is 1. The van der Waals surface area contributed by atoms with Crippen LogP contribution >= 0.6 is 0 Å². The van der Waals surface area contributed by atoms with Crippen LogP contribution in [0.4, 0.5) is 0 Å². The lowest BCUT2D eigenvalue weighted by molar-refractivity contribution is 0.0696. The molecule has 2 rings (SSSR count). The van der Waals surface area contributed by atoms with Crippen molar-refractivity contribution in [3.05, 3.63) is 29.8 Å². The standard InChI is InChI=1S/C12H16N2O4S/c13-7-9-4-5-14(8-9)19(17,18)11-3-1-2-10(6-11)12(15)16/h1-3,6,9H,4-5,7-8,13H2,(H,15,16). The van der Waals surface area contributed by atoms with E-state index >= 15 is 0 Å². The van der Waals surface area contributed by atoms with Crippen molar-refractivity contribution >= 4 is 16.0 Å². The maximum Gasteiger partial charge on any atom is 0.335 e. The van der Waals surface area contributed by atoms with Crippen LogP contribution in [0.3, 0.4) is 0 Å². The maximum absolute atomic E-state index is 12.4. The molecule has 1 heterocycles. The fourth-order valence-electron chi connectivity index (χ4n) is 2.15. The van der Waals surface area contributed by atoms with Gasteiger partial charge in [-0.05, 0) is 37.1 Å². The second kappa shape index (κ2) is 5.28. The number of carboxylic acids is 1. The Kier molecular flexibility index (Phi) is 3.88. The van der Waals surface area contributed by atoms with E-state index in [0.717, 1.165) is 6.42 Å². The van der Waals surface area contributed by atoms with E-state index in [1.54, 1.807) is 0 Å². The molecule has 1 aromatic carbocycles. The van der Waals surface area contributed by atoms with E-state index < -0.39 is 16.0 Å². The van der Waals surface area contributed by atoms with E-state index in [1.165, 1.54) is 28.6 Å². The topological polar surface area (TPSA) is 101 Å². The van der Waals surface area contributed by atoms with Crippen LogP contribution in [0.25, 0.3) is 0 Å². The van der Waals surface area contributed by atoms with Crippen LogP contribution in [-0.4, -0.2) is 43.4 Å². The molecule has 0 amide bonds. The molecule has 0 aliphatic carbocycles. The zero-order valence-corrected chi connectivity index (χ0v) is 11.1. The highest BCUT2D eigenvalue weighted by Crippen LogP contribution is 2.24. The molecule has 0 spiro atoms. The van der Waals surface area contributed by atoms with Crippen molar-refractivity contribution in [2.45, 2.75) is 11.3 Å². The second-order valence-electron chi connectivity index (χ2n) is 4.59. The van der Waals surface area contributed by atoms with E-state index in [0.29, 0.717) is 19.6 Å². The number of hydrogen-bond acceptors (Lipinski definition) is 4. The highest BCUT2D eigenvalue weighted by atomic mass is 32.2. The number of carboxylic acid groups (broad SMARTS) is 1. The number of hydrogen-bond donors (Lipinski definition) is 2. The predicted molar refractivity (Wildman–Crippen MR) is 69.3 cm³/mol. The molecular formula is C12H16N2O4S. The predicted octanol–water partition coefficient (Wildman–Crippen LogP) is 0.354. The molecule has 6 nitrogen and oxygen atoms in total. The fourth-order valence-corrected chi connectivity index (χ4v) is 3.72. The quantitative estimate of drug-likeness (QED) is 0.831. The van der Waals surface area contributed by atoms with E-state index in [9.17, 15) is 13.2 Å². The Labute approximate surface area is 111 Å². The lowest BCUT2D eigenvalue weighted by atomic mass is 10.1. The van der Waals surface area contributed by atoms with Gasteiger partial charge in [0.1, 0.15) is 0 Å². The molecule has 1 unspecified atom stereocenters. The summed E-state index contributed by atoms with van der Waals surface area (Å²) in [6.07, 6.45) is 0.744. The fraction of sp³-hybridized carbons (Fsp3) is 0.417. The Morgan fingerprint density at radius 3 is 2.79 bits per heavy atom. The van der Waals surface area contributed by atoms with Gasteiger partial charge in [0, 0.05) is 13.1 Å². The minimum Gasteiger partial charge on any atom is -0.478 e. The van der Waals surface area contributed by atoms with Gasteiger partial charge in [0.25, 0.3) is 0 Å². The van der Waals surface area contributed by atoms with Gasteiger partial charge >= 0.3 is 5.97 Å². The first kappa shape index (κ1) is 14.0. The van der Waals surface area contributed by atoms with Crippen molar-refractivity contribution < 1.29 is 18.3 Å². The summed E-state index contributed by atoms with van der Waals surface area (Å²) in [5.74, 6) is -0.962. The van der Waals surface area contributed by atoms with Crippen LogP contribution in [-0.2, 0) is 10.0 Å². The van der Waals surface area contributed by atoms with Gasteiger partial charge in [-0.3, -0.25) is 0 Å². The third kappa shape index (κ3) is 2.78. The first-order chi connectivity index (χ1) is 8.95. The monoisotopic (exact) mass is 284 g/mol. The molecule has 1 atom stereocenters. The van der Waals surface area contributed by atoms with Crippen molar-refractivity contribution in [2.24, 2.45) is 11.7 Å². The number of benzene rings is 1. The maximum atomic E-state index is 12.4. The summed E-state index contributed by atoms with van der Waals surface area (Å²) in [6.45, 7) is 1.29. The first-order valence-corrected chi connectivity index (χ1v) is 7.42. The number of sulfonamides is 1. The SMILES string of the molecule is NCC1CCN(S(=O)(=O)c2cccc(C(=O)O)c2)C1. The van der Waals surface area contributed by atoms with Crippen LogP contribution in [0.15, 0.2) is 29.2 Å². The Hall–Kier alpha value is -1.44. The van der Waals surface area contributed by atoms with Crippen LogP contribution < -0.4 is 5.73 Å². The zero-order chi connectivity index (χ0) is 14.0. The van der Waals surface area contributed by atoms with Crippen molar-refractivity contribution in [1.82, 2.24) is 4.31 Å². The lowest BCUT2D eigenvalue weighted by Gasteiger charge is -2.16. The van der Waals surface area contributed by atoms with E-state index in [2.05, 4.69) is 0 Å². The highest BCUT2D eigenvalue weighted by Gasteiger charge is 2.32. The smallest absolute Gasteiger partial charge is 0.335 e. The first-order valence-electron chi connectivity index (χ1n) is 5.98. The van der Waals surface area contributed by atoms with Crippen molar-refractivity contribution in [3.8, 4) is 0 Å². The normalized spacial score (nSPS) is 20.6. The van der Waals surface area contributed by atoms with E-state index in [-0.39, 0.29) is 16.4 Å². The third-order valence-electron chi connectivity index (χ3n) is 3.30. The third-order valence-corrected chi connectivity index (χ3v) is 5.16. The van der Waals surface area contributed by atoms with Gasteiger partial charge in [-0.15, -0.1) is 0 Å². The summed E-state index contributed by atoms with van der Waals surface area (Å²) in [7, 11) is -3.62. The molecule has 0 bridgehead atoms. The largest absolute Gasteiger partial charge is 0.478 e. The Morgan fingerprint density at radius 1 is 1.47 bits per heavy atom.